The number of rotatable bonds is 7. The first-order valence-electron chi connectivity index (χ1n) is 9.81. The minimum atomic E-state index is -0.741. The van der Waals surface area contributed by atoms with Crippen molar-refractivity contribution in [1.82, 2.24) is 0 Å². The molecule has 1 nitrogen and oxygen atoms in total. The quantitative estimate of drug-likeness (QED) is 0.480. The predicted octanol–water partition coefficient (Wildman–Crippen LogP) is 6.94. The van der Waals surface area contributed by atoms with Crippen molar-refractivity contribution in [2.75, 3.05) is 7.11 Å². The molecule has 0 aromatic heterocycles. The molecule has 144 valence electrons. The van der Waals surface area contributed by atoms with Gasteiger partial charge in [0.1, 0.15) is 17.7 Å². The molecule has 0 radical (unpaired) electrons. The summed E-state index contributed by atoms with van der Waals surface area (Å²) < 4.78 is 33.7. The molecule has 1 fully saturated rings. The van der Waals surface area contributed by atoms with Crippen molar-refractivity contribution in [3.63, 3.8) is 0 Å². The van der Waals surface area contributed by atoms with Crippen LogP contribution in [-0.2, 0) is 4.74 Å². The molecule has 1 saturated carbocycles. The monoisotopic (exact) mass is 370 g/mol. The number of halogens is 2. The van der Waals surface area contributed by atoms with E-state index in [0.717, 1.165) is 17.9 Å². The molecule has 0 saturated heterocycles. The third kappa shape index (κ3) is 4.65. The van der Waals surface area contributed by atoms with Gasteiger partial charge >= 0.3 is 0 Å². The zero-order valence-corrected chi connectivity index (χ0v) is 16.0. The molecule has 1 unspecified atom stereocenters. The van der Waals surface area contributed by atoms with Crippen LogP contribution >= 0.6 is 0 Å². The Morgan fingerprint density at radius 3 is 2.22 bits per heavy atom. The highest BCUT2D eigenvalue weighted by atomic mass is 19.1. The lowest BCUT2D eigenvalue weighted by atomic mass is 9.77. The first-order valence-corrected chi connectivity index (χ1v) is 9.81. The summed E-state index contributed by atoms with van der Waals surface area (Å²) in [6.45, 7) is 3.81. The van der Waals surface area contributed by atoms with Crippen LogP contribution in [0.1, 0.15) is 67.2 Å². The summed E-state index contributed by atoms with van der Waals surface area (Å²) in [5, 5.41) is 0. The summed E-state index contributed by atoms with van der Waals surface area (Å²) >= 11 is 0. The van der Waals surface area contributed by atoms with Gasteiger partial charge in [0, 0.05) is 7.11 Å². The molecule has 27 heavy (non-hydrogen) atoms. The van der Waals surface area contributed by atoms with Crippen molar-refractivity contribution in [2.45, 2.75) is 50.5 Å². The lowest BCUT2D eigenvalue weighted by Gasteiger charge is -2.29. The molecule has 3 heteroatoms. The first-order chi connectivity index (χ1) is 13.1. The number of benzene rings is 2. The molecular formula is C24H28F2O. The fourth-order valence-electron chi connectivity index (χ4n) is 4.26. The Labute approximate surface area is 161 Å². The van der Waals surface area contributed by atoms with Crippen molar-refractivity contribution >= 4 is 0 Å². The number of hydrogen-bond acceptors (Lipinski definition) is 1. The Kier molecular flexibility index (Phi) is 6.78. The van der Waals surface area contributed by atoms with Crippen LogP contribution in [0.3, 0.4) is 0 Å². The van der Waals surface area contributed by atoms with Gasteiger partial charge in [-0.1, -0.05) is 36.4 Å². The maximum absolute atomic E-state index is 14.1. The highest BCUT2D eigenvalue weighted by Gasteiger charge is 2.24. The molecule has 0 N–H and O–H groups in total. The second-order valence-electron chi connectivity index (χ2n) is 7.50. The molecule has 0 amide bonds. The van der Waals surface area contributed by atoms with E-state index < -0.39 is 17.7 Å². The minimum absolute atomic E-state index is 0.0320. The number of methoxy groups -OCH3 is 1. The lowest BCUT2D eigenvalue weighted by molar-refractivity contribution is 0.129. The Balaban J connectivity index is 1.71. The van der Waals surface area contributed by atoms with Crippen LogP contribution < -0.4 is 0 Å². The molecule has 2 aromatic carbocycles. The smallest absolute Gasteiger partial charge is 0.132 e. The van der Waals surface area contributed by atoms with Gasteiger partial charge in [0.05, 0.1) is 5.56 Å². The van der Waals surface area contributed by atoms with Gasteiger partial charge in [0.25, 0.3) is 0 Å². The number of hydrogen-bond donors (Lipinski definition) is 0. The highest BCUT2D eigenvalue weighted by molar-refractivity contribution is 5.35. The molecule has 0 bridgehead atoms. The zero-order chi connectivity index (χ0) is 19.2. The van der Waals surface area contributed by atoms with Gasteiger partial charge in [-0.25, -0.2) is 8.78 Å². The van der Waals surface area contributed by atoms with E-state index in [1.54, 1.807) is 0 Å². The average Bonchev–Trinajstić information content (AvgIpc) is 2.70. The Hall–Kier alpha value is -2.00. The third-order valence-electron chi connectivity index (χ3n) is 5.83. The largest absolute Gasteiger partial charge is 0.372 e. The summed E-state index contributed by atoms with van der Waals surface area (Å²) in [6.07, 6.45) is 8.56. The van der Waals surface area contributed by atoms with Gasteiger partial charge < -0.3 is 4.74 Å². The van der Waals surface area contributed by atoms with Crippen LogP contribution in [0.4, 0.5) is 8.78 Å². The van der Waals surface area contributed by atoms with Crippen molar-refractivity contribution < 1.29 is 13.5 Å². The fraction of sp³-hybridized carbons (Fsp3) is 0.417. The van der Waals surface area contributed by atoms with E-state index in [4.69, 9.17) is 4.74 Å². The van der Waals surface area contributed by atoms with E-state index in [1.165, 1.54) is 63.0 Å². The molecule has 3 rings (SSSR count). The molecular weight excluding hydrogens is 342 g/mol. The van der Waals surface area contributed by atoms with Crippen molar-refractivity contribution in [3.05, 3.63) is 83.4 Å². The average molecular weight is 370 g/mol. The predicted molar refractivity (Wildman–Crippen MR) is 106 cm³/mol. The van der Waals surface area contributed by atoms with E-state index in [2.05, 4.69) is 18.7 Å². The topological polar surface area (TPSA) is 9.23 Å². The molecule has 1 atom stereocenters. The minimum Gasteiger partial charge on any atom is -0.372 e. The summed E-state index contributed by atoms with van der Waals surface area (Å²) in [4.78, 5) is 0. The van der Waals surface area contributed by atoms with Gasteiger partial charge in [-0.05, 0) is 73.6 Å². The fourth-order valence-corrected chi connectivity index (χ4v) is 4.26. The second kappa shape index (κ2) is 9.27. The van der Waals surface area contributed by atoms with Gasteiger partial charge in [-0.3, -0.25) is 0 Å². The van der Waals surface area contributed by atoms with Crippen LogP contribution in [0.5, 0.6) is 0 Å². The molecule has 0 heterocycles. The standard InChI is InChI=1S/C24H28F2O/c1-3-4-6-17-9-11-18(12-10-17)19-13-15-20(16-14-19)24(27-2)23-21(25)7-5-8-22(23)26/h3,5,7-8,13-18,24H,1,4,6,9-12H2,2H3/t17-,18-,24?. The Morgan fingerprint density at radius 1 is 1.04 bits per heavy atom. The molecule has 2 aromatic rings. The Bertz CT molecular complexity index is 725. The van der Waals surface area contributed by atoms with Crippen LogP contribution in [0.25, 0.3) is 0 Å². The number of ether oxygens (including phenoxy) is 1. The first kappa shape index (κ1) is 19.8. The zero-order valence-electron chi connectivity index (χ0n) is 16.0. The second-order valence-corrected chi connectivity index (χ2v) is 7.50. The van der Waals surface area contributed by atoms with Crippen molar-refractivity contribution in [3.8, 4) is 0 Å². The summed E-state index contributed by atoms with van der Waals surface area (Å²) in [7, 11) is 1.48. The number of allylic oxidation sites excluding steroid dienone is 1. The normalized spacial score (nSPS) is 21.0. The third-order valence-corrected chi connectivity index (χ3v) is 5.83. The Morgan fingerprint density at radius 2 is 1.67 bits per heavy atom. The maximum Gasteiger partial charge on any atom is 0.132 e. The van der Waals surface area contributed by atoms with Gasteiger partial charge in [-0.15, -0.1) is 6.58 Å². The van der Waals surface area contributed by atoms with Gasteiger partial charge in [0.2, 0.25) is 0 Å². The van der Waals surface area contributed by atoms with Crippen LogP contribution in [0.2, 0.25) is 0 Å². The maximum atomic E-state index is 14.1. The van der Waals surface area contributed by atoms with Crippen LogP contribution in [0, 0.1) is 17.6 Å². The molecule has 0 aliphatic heterocycles. The van der Waals surface area contributed by atoms with Crippen molar-refractivity contribution in [2.24, 2.45) is 5.92 Å². The summed E-state index contributed by atoms with van der Waals surface area (Å²) in [5.41, 5.74) is 2.05. The lowest BCUT2D eigenvalue weighted by Crippen LogP contribution is -2.13. The van der Waals surface area contributed by atoms with E-state index >= 15 is 0 Å². The van der Waals surface area contributed by atoms with Crippen LogP contribution in [-0.4, -0.2) is 7.11 Å². The summed E-state index contributed by atoms with van der Waals surface area (Å²) in [5.74, 6) is 0.234. The van der Waals surface area contributed by atoms with Gasteiger partial charge in [-0.2, -0.15) is 0 Å². The van der Waals surface area contributed by atoms with Crippen molar-refractivity contribution in [1.29, 1.82) is 0 Å². The van der Waals surface area contributed by atoms with Crippen LogP contribution in [0.15, 0.2) is 55.1 Å². The molecule has 0 spiro atoms. The highest BCUT2D eigenvalue weighted by Crippen LogP contribution is 2.38. The van der Waals surface area contributed by atoms with E-state index in [1.807, 2.05) is 18.2 Å². The molecule has 1 aliphatic rings. The van der Waals surface area contributed by atoms with E-state index in [-0.39, 0.29) is 5.56 Å². The van der Waals surface area contributed by atoms with E-state index in [0.29, 0.717) is 5.92 Å². The molecule has 1 aliphatic carbocycles. The van der Waals surface area contributed by atoms with E-state index in [9.17, 15) is 8.78 Å². The summed E-state index contributed by atoms with van der Waals surface area (Å²) in [6, 6.07) is 12.0. The SMILES string of the molecule is C=CCC[C@H]1CC[C@H](c2ccc(C(OC)c3c(F)cccc3F)cc2)CC1. The van der Waals surface area contributed by atoms with Gasteiger partial charge in [0.15, 0.2) is 0 Å².